The van der Waals surface area contributed by atoms with Crippen molar-refractivity contribution in [2.75, 3.05) is 13.2 Å². The summed E-state index contributed by atoms with van der Waals surface area (Å²) in [5.74, 6) is -2.11. The molecule has 0 spiro atoms. The van der Waals surface area contributed by atoms with Gasteiger partial charge in [-0.05, 0) is 74.6 Å². The molecule has 1 fully saturated rings. The normalized spacial score (nSPS) is 19.6. The van der Waals surface area contributed by atoms with E-state index in [4.69, 9.17) is 4.74 Å². The van der Waals surface area contributed by atoms with Crippen LogP contribution in [0.15, 0.2) is 36.4 Å². The molecule has 1 aliphatic rings. The van der Waals surface area contributed by atoms with Crippen LogP contribution in [0.5, 0.6) is 0 Å². The van der Waals surface area contributed by atoms with Gasteiger partial charge in [-0.1, -0.05) is 6.92 Å². The largest absolute Gasteiger partial charge is 0.389 e. The lowest BCUT2D eigenvalue weighted by Crippen LogP contribution is -2.52. The van der Waals surface area contributed by atoms with Crippen molar-refractivity contribution in [2.24, 2.45) is 0 Å². The summed E-state index contributed by atoms with van der Waals surface area (Å²) >= 11 is 0. The van der Waals surface area contributed by atoms with Crippen molar-refractivity contribution in [3.63, 3.8) is 0 Å². The Morgan fingerprint density at radius 3 is 2.47 bits per heavy atom. The number of benzene rings is 2. The predicted molar refractivity (Wildman–Crippen MR) is 125 cm³/mol. The fraction of sp³-hybridized carbons (Fsp3) is 0.462. The van der Waals surface area contributed by atoms with Crippen LogP contribution in [0.4, 0.5) is 8.78 Å². The average molecular weight is 475 g/mol. The third-order valence-corrected chi connectivity index (χ3v) is 5.95. The summed E-state index contributed by atoms with van der Waals surface area (Å²) in [6.07, 6.45) is 0.349. The molecule has 4 atom stereocenters. The van der Waals surface area contributed by atoms with E-state index in [1.165, 1.54) is 25.1 Å². The molecule has 184 valence electrons. The summed E-state index contributed by atoms with van der Waals surface area (Å²) in [6.45, 7) is 6.40. The van der Waals surface area contributed by atoms with Crippen LogP contribution in [0.1, 0.15) is 58.5 Å². The summed E-state index contributed by atoms with van der Waals surface area (Å²) < 4.78 is 33.4. The van der Waals surface area contributed by atoms with E-state index in [1.807, 2.05) is 6.92 Å². The topological polar surface area (TPSA) is 87.7 Å². The highest BCUT2D eigenvalue weighted by Gasteiger charge is 2.35. The maximum Gasteiger partial charge on any atom is 0.251 e. The quantitative estimate of drug-likeness (QED) is 0.460. The first-order chi connectivity index (χ1) is 16.2. The number of aliphatic hydroxyl groups excluding tert-OH is 1. The number of amides is 1. The first-order valence-corrected chi connectivity index (χ1v) is 11.6. The number of hydrogen-bond acceptors (Lipinski definition) is 5. The van der Waals surface area contributed by atoms with Crippen LogP contribution in [0.2, 0.25) is 0 Å². The molecule has 1 amide bonds. The predicted octanol–water partition coefficient (Wildman–Crippen LogP) is 3.33. The number of ether oxygens (including phenoxy) is 1. The molecular formula is C26H32F2N2O4. The smallest absolute Gasteiger partial charge is 0.251 e. The lowest BCUT2D eigenvalue weighted by molar-refractivity contribution is 0.0514. The van der Waals surface area contributed by atoms with Crippen LogP contribution < -0.4 is 10.6 Å². The summed E-state index contributed by atoms with van der Waals surface area (Å²) in [4.78, 5) is 24.9. The summed E-state index contributed by atoms with van der Waals surface area (Å²) in [5.41, 5.74) is 1.74. The molecule has 0 aliphatic carbocycles. The highest BCUT2D eigenvalue weighted by Crippen LogP contribution is 2.20. The van der Waals surface area contributed by atoms with E-state index in [0.29, 0.717) is 30.7 Å². The molecule has 3 rings (SSSR count). The van der Waals surface area contributed by atoms with Gasteiger partial charge in [0.05, 0.1) is 18.2 Å². The number of aliphatic hydroxyl groups is 1. The fourth-order valence-corrected chi connectivity index (χ4v) is 4.29. The van der Waals surface area contributed by atoms with E-state index in [2.05, 4.69) is 10.6 Å². The zero-order chi connectivity index (χ0) is 24.8. The Bertz CT molecular complexity index is 1010. The second kappa shape index (κ2) is 11.6. The SMILES string of the molecule is CCCO[C@H]1CN[C@@H]([C@@H](O)[C@H](Cc2cc(F)cc(F)c2)NC(=O)c2cc(C)cc(C(C)=O)c2)C1. The Labute approximate surface area is 198 Å². The molecule has 1 saturated heterocycles. The molecule has 2 aromatic carbocycles. The minimum Gasteiger partial charge on any atom is -0.389 e. The number of carbonyl (C=O) groups is 2. The minimum atomic E-state index is -1.04. The van der Waals surface area contributed by atoms with Gasteiger partial charge in [0.25, 0.3) is 5.91 Å². The van der Waals surface area contributed by atoms with Crippen LogP contribution >= 0.6 is 0 Å². The number of rotatable bonds is 10. The number of ketones is 1. The van der Waals surface area contributed by atoms with Crippen molar-refractivity contribution in [3.8, 4) is 0 Å². The monoisotopic (exact) mass is 474 g/mol. The second-order valence-corrected chi connectivity index (χ2v) is 8.94. The van der Waals surface area contributed by atoms with Crippen molar-refractivity contribution >= 4 is 11.7 Å². The van der Waals surface area contributed by atoms with Crippen molar-refractivity contribution in [1.82, 2.24) is 10.6 Å². The van der Waals surface area contributed by atoms with Crippen LogP contribution in [0.25, 0.3) is 0 Å². The van der Waals surface area contributed by atoms with Crippen LogP contribution in [0.3, 0.4) is 0 Å². The Morgan fingerprint density at radius 2 is 1.82 bits per heavy atom. The van der Waals surface area contributed by atoms with Gasteiger partial charge in [-0.15, -0.1) is 0 Å². The molecule has 0 saturated carbocycles. The van der Waals surface area contributed by atoms with E-state index < -0.39 is 29.7 Å². The molecule has 6 nitrogen and oxygen atoms in total. The molecule has 1 heterocycles. The van der Waals surface area contributed by atoms with Gasteiger partial charge in [0.2, 0.25) is 0 Å². The van der Waals surface area contributed by atoms with E-state index in [1.54, 1.807) is 19.1 Å². The van der Waals surface area contributed by atoms with Gasteiger partial charge in [0.15, 0.2) is 5.78 Å². The number of aryl methyl sites for hydroxylation is 1. The number of hydrogen-bond donors (Lipinski definition) is 3. The number of nitrogens with one attached hydrogen (secondary N) is 2. The van der Waals surface area contributed by atoms with Gasteiger partial charge in [-0.2, -0.15) is 0 Å². The van der Waals surface area contributed by atoms with Crippen molar-refractivity contribution in [1.29, 1.82) is 0 Å². The highest BCUT2D eigenvalue weighted by atomic mass is 19.1. The van der Waals surface area contributed by atoms with Gasteiger partial charge in [0.1, 0.15) is 11.6 Å². The zero-order valence-electron chi connectivity index (χ0n) is 19.7. The van der Waals surface area contributed by atoms with Crippen molar-refractivity contribution < 1.29 is 28.2 Å². The van der Waals surface area contributed by atoms with Crippen LogP contribution in [-0.2, 0) is 11.2 Å². The molecule has 3 N–H and O–H groups in total. The number of halogens is 2. The van der Waals surface area contributed by atoms with E-state index in [0.717, 1.165) is 18.1 Å². The molecule has 0 radical (unpaired) electrons. The summed E-state index contributed by atoms with van der Waals surface area (Å²) in [5, 5.41) is 17.2. The second-order valence-electron chi connectivity index (χ2n) is 8.94. The summed E-state index contributed by atoms with van der Waals surface area (Å²) in [6, 6.07) is 6.79. The van der Waals surface area contributed by atoms with Gasteiger partial charge in [0, 0.05) is 36.4 Å². The molecule has 0 unspecified atom stereocenters. The Balaban J connectivity index is 1.82. The fourth-order valence-electron chi connectivity index (χ4n) is 4.29. The first kappa shape index (κ1) is 25.9. The van der Waals surface area contributed by atoms with Gasteiger partial charge in [-0.25, -0.2) is 8.78 Å². The molecule has 1 aliphatic heterocycles. The minimum absolute atomic E-state index is 0.0195. The standard InChI is InChI=1S/C26H32F2N2O4/c1-4-5-34-22-13-23(29-14-22)25(32)24(10-17-8-20(27)12-21(28)9-17)30-26(33)19-7-15(2)6-18(11-19)16(3)31/h6-9,11-12,22-25,29,32H,4-5,10,13-14H2,1-3H3,(H,30,33)/t22-,23-,24+,25-/m1/s1. The third kappa shape index (κ3) is 6.91. The Morgan fingerprint density at radius 1 is 1.15 bits per heavy atom. The maximum atomic E-state index is 13.8. The zero-order valence-corrected chi connectivity index (χ0v) is 19.7. The average Bonchev–Trinajstić information content (AvgIpc) is 3.24. The third-order valence-electron chi connectivity index (χ3n) is 5.95. The summed E-state index contributed by atoms with van der Waals surface area (Å²) in [7, 11) is 0. The van der Waals surface area contributed by atoms with Gasteiger partial charge in [-0.3, -0.25) is 9.59 Å². The van der Waals surface area contributed by atoms with E-state index >= 15 is 0 Å². The van der Waals surface area contributed by atoms with Crippen molar-refractivity contribution in [2.45, 2.75) is 64.3 Å². The Kier molecular flexibility index (Phi) is 8.88. The molecule has 8 heteroatoms. The van der Waals surface area contributed by atoms with E-state index in [9.17, 15) is 23.5 Å². The highest BCUT2D eigenvalue weighted by molar-refractivity contribution is 6.00. The molecule has 2 aromatic rings. The first-order valence-electron chi connectivity index (χ1n) is 11.6. The molecule has 34 heavy (non-hydrogen) atoms. The van der Waals surface area contributed by atoms with Crippen molar-refractivity contribution in [3.05, 3.63) is 70.3 Å². The molecule has 0 aromatic heterocycles. The lowest BCUT2D eigenvalue weighted by atomic mass is 9.94. The van der Waals surface area contributed by atoms with Gasteiger partial charge >= 0.3 is 0 Å². The van der Waals surface area contributed by atoms with Crippen LogP contribution in [-0.4, -0.2) is 54.2 Å². The van der Waals surface area contributed by atoms with E-state index in [-0.39, 0.29) is 29.9 Å². The maximum absolute atomic E-state index is 13.8. The van der Waals surface area contributed by atoms with Gasteiger partial charge < -0.3 is 20.5 Å². The lowest BCUT2D eigenvalue weighted by Gasteiger charge is -2.29. The molecule has 0 bridgehead atoms. The van der Waals surface area contributed by atoms with Crippen LogP contribution in [0, 0.1) is 18.6 Å². The molecular weight excluding hydrogens is 442 g/mol. The number of carbonyl (C=O) groups excluding carboxylic acids is 2. The Hall–Kier alpha value is -2.68. The number of Topliss-reactive ketones (excluding diaryl/α,β-unsaturated/α-hetero) is 1.